The van der Waals surface area contributed by atoms with Gasteiger partial charge in [-0.3, -0.25) is 0 Å². The lowest BCUT2D eigenvalue weighted by atomic mass is 9.80. The zero-order valence-corrected chi connectivity index (χ0v) is 28.8. The van der Waals surface area contributed by atoms with Crippen LogP contribution in [0.5, 0.6) is 0 Å². The maximum atomic E-state index is 2.59. The quantitative estimate of drug-likeness (QED) is 0.224. The standard InChI is InChI=1S/C39H54P2/c1-23(2)33-17-18-34(24(3)4)40(33)22-31-28-14-10-11-15-29(28)37-38-30(31)21-27-13-9-12-16-32(27)39(37,38)41-35(25(5)6)19-20-36(41)26(7)8/h9-16,23-26,31,33-37H,17-22H2,1-8H3/t31?,33-,34-,35+,36+,37?,39?/m1/s1. The van der Waals surface area contributed by atoms with Gasteiger partial charge in [0.25, 0.3) is 0 Å². The monoisotopic (exact) mass is 584 g/mol. The first-order valence-electron chi connectivity index (χ1n) is 17.1. The zero-order chi connectivity index (χ0) is 28.8. The summed E-state index contributed by atoms with van der Waals surface area (Å²) in [6.45, 7) is 20.3. The second kappa shape index (κ2) is 10.6. The first-order chi connectivity index (χ1) is 19.7. The number of benzene rings is 2. The molecule has 3 unspecified atom stereocenters. The second-order valence-electron chi connectivity index (χ2n) is 15.7. The molecule has 7 atom stereocenters. The van der Waals surface area contributed by atoms with Crippen LogP contribution < -0.4 is 0 Å². The molecule has 5 aliphatic rings. The van der Waals surface area contributed by atoms with E-state index in [1.54, 1.807) is 22.3 Å². The Hall–Kier alpha value is -0.960. The number of rotatable bonds is 7. The van der Waals surface area contributed by atoms with Gasteiger partial charge in [-0.2, -0.15) is 0 Å². The van der Waals surface area contributed by atoms with Gasteiger partial charge in [-0.05, 0) is 112 Å². The van der Waals surface area contributed by atoms with Gasteiger partial charge in [0.1, 0.15) is 0 Å². The van der Waals surface area contributed by atoms with Gasteiger partial charge < -0.3 is 0 Å². The van der Waals surface area contributed by atoms with E-state index >= 15 is 0 Å². The summed E-state index contributed by atoms with van der Waals surface area (Å²) in [4.78, 5) is 0. The van der Waals surface area contributed by atoms with E-state index in [0.717, 1.165) is 46.3 Å². The van der Waals surface area contributed by atoms with Gasteiger partial charge in [-0.1, -0.05) is 125 Å². The molecule has 0 amide bonds. The van der Waals surface area contributed by atoms with Gasteiger partial charge in [0.15, 0.2) is 0 Å². The number of hydrogen-bond donors (Lipinski definition) is 0. The highest BCUT2D eigenvalue weighted by atomic mass is 31.1. The van der Waals surface area contributed by atoms with E-state index < -0.39 is 0 Å². The summed E-state index contributed by atoms with van der Waals surface area (Å²) in [5, 5.41) is 0.308. The highest BCUT2D eigenvalue weighted by Gasteiger charge is 2.73. The van der Waals surface area contributed by atoms with Gasteiger partial charge in [0, 0.05) is 17.0 Å². The van der Waals surface area contributed by atoms with E-state index in [4.69, 9.17) is 0 Å². The second-order valence-corrected chi connectivity index (χ2v) is 21.2. The van der Waals surface area contributed by atoms with E-state index in [1.807, 2.05) is 11.1 Å². The lowest BCUT2D eigenvalue weighted by molar-refractivity contribution is 0.543. The van der Waals surface area contributed by atoms with Crippen LogP contribution in [0, 0.1) is 23.7 Å². The van der Waals surface area contributed by atoms with Crippen molar-refractivity contribution in [2.24, 2.45) is 23.7 Å². The highest BCUT2D eigenvalue weighted by molar-refractivity contribution is 7.61. The van der Waals surface area contributed by atoms with Gasteiger partial charge in [0.2, 0.25) is 0 Å². The molecule has 220 valence electrons. The minimum atomic E-state index is -0.145. The highest BCUT2D eigenvalue weighted by Crippen LogP contribution is 2.89. The van der Waals surface area contributed by atoms with Crippen LogP contribution in [0.1, 0.15) is 115 Å². The van der Waals surface area contributed by atoms with Crippen molar-refractivity contribution in [2.75, 3.05) is 6.16 Å². The molecule has 2 saturated heterocycles. The van der Waals surface area contributed by atoms with Crippen LogP contribution in [-0.4, -0.2) is 28.8 Å². The summed E-state index contributed by atoms with van der Waals surface area (Å²) < 4.78 is 0. The molecule has 0 aromatic heterocycles. The Morgan fingerprint density at radius 2 is 1.17 bits per heavy atom. The first kappa shape index (κ1) is 28.8. The zero-order valence-electron chi connectivity index (χ0n) is 27.0. The normalized spacial score (nSPS) is 34.6. The minimum absolute atomic E-state index is 0.0176. The van der Waals surface area contributed by atoms with Crippen LogP contribution in [-0.2, 0) is 11.6 Å². The summed E-state index contributed by atoms with van der Waals surface area (Å²) in [5.74, 6) is 4.51. The van der Waals surface area contributed by atoms with Crippen molar-refractivity contribution in [2.45, 2.75) is 127 Å². The van der Waals surface area contributed by atoms with Crippen molar-refractivity contribution in [1.29, 1.82) is 0 Å². The van der Waals surface area contributed by atoms with Crippen molar-refractivity contribution in [3.63, 3.8) is 0 Å². The molecule has 7 rings (SSSR count). The molecule has 2 aromatic rings. The van der Waals surface area contributed by atoms with Gasteiger partial charge in [-0.15, -0.1) is 0 Å². The van der Waals surface area contributed by atoms with Crippen LogP contribution in [0.2, 0.25) is 0 Å². The van der Waals surface area contributed by atoms with E-state index in [1.165, 1.54) is 38.3 Å². The molecule has 2 aromatic carbocycles. The maximum Gasteiger partial charge on any atom is 0.0484 e. The van der Waals surface area contributed by atoms with Crippen molar-refractivity contribution in [3.8, 4) is 0 Å². The maximum absolute atomic E-state index is 2.59. The third kappa shape index (κ3) is 4.19. The Labute approximate surface area is 254 Å². The van der Waals surface area contributed by atoms with Crippen molar-refractivity contribution < 1.29 is 0 Å². The molecular weight excluding hydrogens is 530 g/mol. The molecule has 0 N–H and O–H groups in total. The molecule has 0 bridgehead atoms. The molecule has 1 saturated carbocycles. The fraction of sp³-hybridized carbons (Fsp3) is 0.641. The fourth-order valence-electron chi connectivity index (χ4n) is 10.5. The summed E-state index contributed by atoms with van der Waals surface area (Å²) in [6, 6.07) is 19.8. The molecule has 2 aliphatic heterocycles. The Morgan fingerprint density at radius 1 is 0.659 bits per heavy atom. The third-order valence-corrected chi connectivity index (χ3v) is 21.1. The smallest absolute Gasteiger partial charge is 0.0484 e. The number of hydrogen-bond acceptors (Lipinski definition) is 0. The predicted octanol–water partition coefficient (Wildman–Crippen LogP) is 11.3. The summed E-state index contributed by atoms with van der Waals surface area (Å²) >= 11 is 0. The van der Waals surface area contributed by atoms with Gasteiger partial charge in [-0.25, -0.2) is 0 Å². The third-order valence-electron chi connectivity index (χ3n) is 12.3. The molecule has 0 radical (unpaired) electrons. The largest absolute Gasteiger partial charge is 0.0989 e. The van der Waals surface area contributed by atoms with Crippen LogP contribution in [0.4, 0.5) is 0 Å². The molecule has 41 heavy (non-hydrogen) atoms. The number of allylic oxidation sites excluding steroid dienone is 2. The fourth-order valence-corrected chi connectivity index (χ4v) is 20.1. The molecule has 3 aliphatic carbocycles. The topological polar surface area (TPSA) is 0 Å². The van der Waals surface area contributed by atoms with E-state index in [0.29, 0.717) is 17.0 Å². The van der Waals surface area contributed by atoms with Gasteiger partial charge in [0.05, 0.1) is 0 Å². The Kier molecular flexibility index (Phi) is 7.44. The van der Waals surface area contributed by atoms with E-state index in [9.17, 15) is 0 Å². The van der Waals surface area contributed by atoms with Crippen LogP contribution in [0.15, 0.2) is 59.7 Å². The summed E-state index contributed by atoms with van der Waals surface area (Å²) in [5.41, 5.74) is 14.5. The Morgan fingerprint density at radius 3 is 1.76 bits per heavy atom. The average Bonchev–Trinajstić information content (AvgIpc) is 3.22. The average molecular weight is 585 g/mol. The number of fused-ring (bicyclic) bond motifs is 5. The van der Waals surface area contributed by atoms with Crippen molar-refractivity contribution >= 4 is 15.8 Å². The molecule has 0 spiro atoms. The molecule has 2 heteroatoms. The molecule has 3 fully saturated rings. The van der Waals surface area contributed by atoms with Crippen molar-refractivity contribution in [1.82, 2.24) is 0 Å². The van der Waals surface area contributed by atoms with Crippen LogP contribution >= 0.6 is 15.8 Å². The van der Waals surface area contributed by atoms with Crippen LogP contribution in [0.3, 0.4) is 0 Å². The predicted molar refractivity (Wildman–Crippen MR) is 182 cm³/mol. The lowest BCUT2D eigenvalue weighted by Crippen LogP contribution is -2.26. The Bertz CT molecular complexity index is 1300. The van der Waals surface area contributed by atoms with Crippen molar-refractivity contribution in [3.05, 3.63) is 81.9 Å². The van der Waals surface area contributed by atoms with Crippen LogP contribution in [0.25, 0.3) is 0 Å². The summed E-state index contributed by atoms with van der Waals surface area (Å²) in [7, 11) is -0.127. The van der Waals surface area contributed by atoms with E-state index in [-0.39, 0.29) is 15.8 Å². The molecule has 0 nitrogen and oxygen atoms in total. The molecular formula is C39H54P2. The lowest BCUT2D eigenvalue weighted by Gasteiger charge is -2.41. The van der Waals surface area contributed by atoms with Gasteiger partial charge >= 0.3 is 0 Å². The molecule has 2 heterocycles. The van der Waals surface area contributed by atoms with E-state index in [2.05, 4.69) is 104 Å². The Balaban J connectivity index is 1.42. The first-order valence-corrected chi connectivity index (χ1v) is 20.3. The SMILES string of the molecule is CC(C)[C@H]1CC[C@H](C(C)C)P1CC1C2=C3C(c4ccccc41)C3(P1[C@H](C(C)C)CC[C@H]1C(C)C)c1ccccc1C2. The summed E-state index contributed by atoms with van der Waals surface area (Å²) in [6.07, 6.45) is 8.51. The minimum Gasteiger partial charge on any atom is -0.0989 e.